The average molecular weight is 267 g/mol. The molecule has 0 aliphatic heterocycles. The number of thiazole rings is 1. The lowest BCUT2D eigenvalue weighted by Crippen LogP contribution is -1.95. The van der Waals surface area contributed by atoms with Gasteiger partial charge in [0.2, 0.25) is 0 Å². The Morgan fingerprint density at radius 3 is 2.53 bits per heavy atom. The minimum absolute atomic E-state index is 0.760. The molecule has 90 valence electrons. The van der Waals surface area contributed by atoms with E-state index in [1.807, 2.05) is 24.4 Å². The van der Waals surface area contributed by atoms with Gasteiger partial charge in [-0.05, 0) is 31.3 Å². The number of ether oxygens (including phenoxy) is 2. The second-order valence-electron chi connectivity index (χ2n) is 3.54. The summed E-state index contributed by atoms with van der Waals surface area (Å²) < 4.78 is 11.5. The molecule has 0 amide bonds. The molecular formula is C12H13NO2S2. The molecule has 1 heterocycles. The van der Waals surface area contributed by atoms with Crippen LogP contribution in [0.3, 0.4) is 0 Å². The third kappa shape index (κ3) is 2.21. The summed E-state index contributed by atoms with van der Waals surface area (Å²) in [6.45, 7) is 1.97. The van der Waals surface area contributed by atoms with Gasteiger partial charge in [0.05, 0.1) is 19.9 Å². The van der Waals surface area contributed by atoms with Gasteiger partial charge in [-0.2, -0.15) is 0 Å². The van der Waals surface area contributed by atoms with Gasteiger partial charge in [0.1, 0.15) is 11.5 Å². The van der Waals surface area contributed by atoms with Crippen molar-refractivity contribution in [1.29, 1.82) is 0 Å². The molecule has 1 aromatic heterocycles. The molecule has 0 radical (unpaired) electrons. The summed E-state index contributed by atoms with van der Waals surface area (Å²) in [6, 6.07) is 3.90. The highest BCUT2D eigenvalue weighted by atomic mass is 32.1. The molecule has 0 atom stereocenters. The molecule has 1 aromatic carbocycles. The smallest absolute Gasteiger partial charge is 0.158 e. The van der Waals surface area contributed by atoms with Crippen molar-refractivity contribution in [3.8, 4) is 22.8 Å². The quantitative estimate of drug-likeness (QED) is 0.859. The third-order valence-corrected chi connectivity index (χ3v) is 3.65. The zero-order valence-corrected chi connectivity index (χ0v) is 11.5. The molecule has 5 heteroatoms. The summed E-state index contributed by atoms with van der Waals surface area (Å²) in [4.78, 5) is 3.14. The molecule has 0 aliphatic carbocycles. The van der Waals surface area contributed by atoms with Gasteiger partial charge in [0, 0.05) is 16.5 Å². The number of hydrogen-bond donors (Lipinski definition) is 1. The van der Waals surface area contributed by atoms with Crippen molar-refractivity contribution >= 4 is 23.6 Å². The maximum Gasteiger partial charge on any atom is 0.158 e. The maximum atomic E-state index is 5.45. The van der Waals surface area contributed by atoms with Crippen LogP contribution in [0.25, 0.3) is 11.3 Å². The number of aromatic amines is 1. The summed E-state index contributed by atoms with van der Waals surface area (Å²) in [5.74, 6) is 1.63. The summed E-state index contributed by atoms with van der Waals surface area (Å²) in [6.07, 6.45) is 0. The van der Waals surface area contributed by atoms with Crippen molar-refractivity contribution in [2.24, 2.45) is 0 Å². The zero-order chi connectivity index (χ0) is 12.4. The lowest BCUT2D eigenvalue weighted by Gasteiger charge is -2.13. The molecule has 0 aliphatic rings. The van der Waals surface area contributed by atoms with E-state index in [0.717, 1.165) is 32.3 Å². The number of methoxy groups -OCH3 is 2. The highest BCUT2D eigenvalue weighted by molar-refractivity contribution is 7.73. The van der Waals surface area contributed by atoms with E-state index < -0.39 is 0 Å². The Balaban J connectivity index is 2.62. The number of aromatic nitrogens is 1. The standard InChI is InChI=1S/C12H13NO2S2/c1-7-10(14-2)5-4-8(11(7)15-3)9-6-17-12(16)13-9/h4-6H,1-3H3,(H,13,16). The molecule has 0 saturated carbocycles. The molecule has 3 nitrogen and oxygen atoms in total. The summed E-state index contributed by atoms with van der Waals surface area (Å²) in [5.41, 5.74) is 2.96. The van der Waals surface area contributed by atoms with Crippen LogP contribution in [0.15, 0.2) is 17.5 Å². The van der Waals surface area contributed by atoms with Crippen molar-refractivity contribution in [2.75, 3.05) is 14.2 Å². The lowest BCUT2D eigenvalue weighted by molar-refractivity contribution is 0.390. The van der Waals surface area contributed by atoms with Crippen molar-refractivity contribution in [2.45, 2.75) is 6.92 Å². The Morgan fingerprint density at radius 2 is 2.00 bits per heavy atom. The monoisotopic (exact) mass is 267 g/mol. The number of nitrogens with one attached hydrogen (secondary N) is 1. The summed E-state index contributed by atoms with van der Waals surface area (Å²) in [7, 11) is 3.31. The van der Waals surface area contributed by atoms with E-state index in [9.17, 15) is 0 Å². The van der Waals surface area contributed by atoms with Crippen LogP contribution in [-0.2, 0) is 0 Å². The summed E-state index contributed by atoms with van der Waals surface area (Å²) >= 11 is 6.60. The van der Waals surface area contributed by atoms with Crippen molar-refractivity contribution < 1.29 is 9.47 Å². The highest BCUT2D eigenvalue weighted by Gasteiger charge is 2.13. The fourth-order valence-corrected chi connectivity index (χ4v) is 2.62. The lowest BCUT2D eigenvalue weighted by atomic mass is 10.1. The third-order valence-electron chi connectivity index (χ3n) is 2.59. The highest BCUT2D eigenvalue weighted by Crippen LogP contribution is 2.37. The van der Waals surface area contributed by atoms with E-state index in [1.165, 1.54) is 11.3 Å². The maximum absolute atomic E-state index is 5.45. The van der Waals surface area contributed by atoms with Gasteiger partial charge in [-0.3, -0.25) is 0 Å². The van der Waals surface area contributed by atoms with Gasteiger partial charge >= 0.3 is 0 Å². The Hall–Kier alpha value is -1.33. The molecule has 2 aromatic rings. The first-order valence-corrected chi connectivity index (χ1v) is 6.36. The number of hydrogen-bond acceptors (Lipinski definition) is 4. The van der Waals surface area contributed by atoms with Gasteiger partial charge in [-0.15, -0.1) is 11.3 Å². The van der Waals surface area contributed by atoms with E-state index in [4.69, 9.17) is 21.7 Å². The van der Waals surface area contributed by atoms with Crippen LogP contribution in [0.4, 0.5) is 0 Å². The molecular weight excluding hydrogens is 254 g/mol. The van der Waals surface area contributed by atoms with Gasteiger partial charge in [-0.1, -0.05) is 0 Å². The fourth-order valence-electron chi connectivity index (χ4n) is 1.78. The van der Waals surface area contributed by atoms with Crippen molar-refractivity contribution in [1.82, 2.24) is 4.98 Å². The van der Waals surface area contributed by atoms with Crippen LogP contribution in [0, 0.1) is 10.9 Å². The first-order valence-electron chi connectivity index (χ1n) is 5.07. The molecule has 0 saturated heterocycles. The van der Waals surface area contributed by atoms with E-state index in [0.29, 0.717) is 0 Å². The molecule has 17 heavy (non-hydrogen) atoms. The average Bonchev–Trinajstić information content (AvgIpc) is 2.75. The Kier molecular flexibility index (Phi) is 3.49. The predicted molar refractivity (Wildman–Crippen MR) is 72.8 cm³/mol. The van der Waals surface area contributed by atoms with Crippen molar-refractivity contribution in [3.63, 3.8) is 0 Å². The van der Waals surface area contributed by atoms with E-state index in [-0.39, 0.29) is 0 Å². The number of rotatable bonds is 3. The number of H-pyrrole nitrogens is 1. The first-order chi connectivity index (χ1) is 8.17. The van der Waals surface area contributed by atoms with Gasteiger partial charge in [-0.25, -0.2) is 0 Å². The molecule has 0 spiro atoms. The topological polar surface area (TPSA) is 34.2 Å². The van der Waals surface area contributed by atoms with Crippen LogP contribution in [0.5, 0.6) is 11.5 Å². The zero-order valence-electron chi connectivity index (χ0n) is 9.87. The van der Waals surface area contributed by atoms with E-state index >= 15 is 0 Å². The SMILES string of the molecule is COc1ccc(-c2csc(=S)[nH]2)c(OC)c1C. The summed E-state index contributed by atoms with van der Waals surface area (Å²) in [5, 5.41) is 1.99. The normalized spacial score (nSPS) is 10.3. The van der Waals surface area contributed by atoms with Gasteiger partial charge < -0.3 is 14.5 Å². The second kappa shape index (κ2) is 4.89. The van der Waals surface area contributed by atoms with Crippen LogP contribution >= 0.6 is 23.6 Å². The minimum atomic E-state index is 0.760. The molecule has 1 N–H and O–H groups in total. The molecule has 0 fully saturated rings. The Morgan fingerprint density at radius 1 is 1.24 bits per heavy atom. The molecule has 2 rings (SSSR count). The van der Waals surface area contributed by atoms with Gasteiger partial charge in [0.15, 0.2) is 3.95 Å². The van der Waals surface area contributed by atoms with Crippen molar-refractivity contribution in [3.05, 3.63) is 27.0 Å². The Labute approximate surface area is 109 Å². The van der Waals surface area contributed by atoms with E-state index in [2.05, 4.69) is 4.98 Å². The van der Waals surface area contributed by atoms with Gasteiger partial charge in [0.25, 0.3) is 0 Å². The minimum Gasteiger partial charge on any atom is -0.496 e. The second-order valence-corrected chi connectivity index (χ2v) is 5.08. The first kappa shape index (κ1) is 12.1. The Bertz CT molecular complexity index is 586. The molecule has 0 unspecified atom stereocenters. The number of benzene rings is 1. The van der Waals surface area contributed by atoms with Crippen LogP contribution in [0.2, 0.25) is 0 Å². The predicted octanol–water partition coefficient (Wildman–Crippen LogP) is 3.80. The van der Waals surface area contributed by atoms with Crippen LogP contribution in [0.1, 0.15) is 5.56 Å². The fraction of sp³-hybridized carbons (Fsp3) is 0.250. The van der Waals surface area contributed by atoms with E-state index in [1.54, 1.807) is 14.2 Å². The van der Waals surface area contributed by atoms with Crippen LogP contribution in [-0.4, -0.2) is 19.2 Å². The van der Waals surface area contributed by atoms with Crippen LogP contribution < -0.4 is 9.47 Å². The molecule has 0 bridgehead atoms. The largest absolute Gasteiger partial charge is 0.496 e.